The molecule has 43 heavy (non-hydrogen) atoms. The third-order valence-electron chi connectivity index (χ3n) is 7.40. The van der Waals surface area contributed by atoms with E-state index >= 15 is 0 Å². The average molecular weight is 564 g/mol. The van der Waals surface area contributed by atoms with E-state index in [-0.39, 0.29) is 28.2 Å². The van der Waals surface area contributed by atoms with Crippen molar-refractivity contribution in [2.45, 2.75) is 13.1 Å². The normalized spacial score (nSPS) is 15.0. The summed E-state index contributed by atoms with van der Waals surface area (Å²) in [5.74, 6) is 0. The molecule has 2 heterocycles. The number of alkyl halides is 3. The van der Waals surface area contributed by atoms with Gasteiger partial charge in [0.25, 0.3) is 11.4 Å². The van der Waals surface area contributed by atoms with Gasteiger partial charge in [-0.3, -0.25) is 0 Å². The molecule has 5 aromatic rings. The summed E-state index contributed by atoms with van der Waals surface area (Å²) < 4.78 is 40.7. The van der Waals surface area contributed by atoms with E-state index < -0.39 is 17.4 Å². The maximum absolute atomic E-state index is 13.6. The highest BCUT2D eigenvalue weighted by atomic mass is 19.4. The van der Waals surface area contributed by atoms with E-state index in [1.165, 1.54) is 6.07 Å². The van der Waals surface area contributed by atoms with Gasteiger partial charge in [0.2, 0.25) is 0 Å². The summed E-state index contributed by atoms with van der Waals surface area (Å²) in [7, 11) is 0. The molecule has 0 amide bonds. The Bertz CT molecular complexity index is 2360. The van der Waals surface area contributed by atoms with Crippen molar-refractivity contribution in [3.05, 3.63) is 116 Å². The molecule has 0 aliphatic heterocycles. The summed E-state index contributed by atoms with van der Waals surface area (Å²) in [6, 6.07) is 15.8. The van der Waals surface area contributed by atoms with Crippen LogP contribution in [0.25, 0.3) is 65.4 Å². The molecule has 8 nitrogen and oxygen atoms in total. The Morgan fingerprint density at radius 1 is 0.651 bits per heavy atom. The molecular formula is C32H11F3N8. The first-order chi connectivity index (χ1) is 20.7. The molecule has 0 fully saturated rings. The lowest BCUT2D eigenvalue weighted by molar-refractivity contribution is -0.137. The fourth-order valence-corrected chi connectivity index (χ4v) is 5.54. The number of hydrogen-bond acceptors (Lipinski definition) is 6. The minimum Gasteiger partial charge on any atom is -0.245 e. The second kappa shape index (κ2) is 8.78. The van der Waals surface area contributed by atoms with Gasteiger partial charge in [0.1, 0.15) is 0 Å². The molecule has 0 N–H and O–H groups in total. The minimum absolute atomic E-state index is 0.0186. The quantitative estimate of drug-likeness (QED) is 0.109. The molecule has 2 aliphatic rings. The molecule has 0 saturated heterocycles. The molecule has 0 bridgehead atoms. The number of aryl methyl sites for hydroxylation is 1. The number of nitriles is 2. The SMILES string of the molecule is [C-]#[N+]/C(C#N)=C1/c2cc(C(F)(F)F)ccc2-c2nc3cc4nc5c(nc4cc3nc21)/C(=C(\C#N)[N+]#[C-])c1cc(C)ccc1-5. The average Bonchev–Trinajstić information content (AvgIpc) is 3.46. The highest BCUT2D eigenvalue weighted by Gasteiger charge is 2.36. The number of aromatic nitrogens is 4. The fourth-order valence-electron chi connectivity index (χ4n) is 5.54. The number of benzene rings is 3. The second-order valence-corrected chi connectivity index (χ2v) is 9.87. The van der Waals surface area contributed by atoms with E-state index in [0.717, 1.165) is 23.3 Å². The van der Waals surface area contributed by atoms with E-state index in [2.05, 4.69) is 14.7 Å². The lowest BCUT2D eigenvalue weighted by Gasteiger charge is -2.09. The third kappa shape index (κ3) is 3.60. The van der Waals surface area contributed by atoms with Gasteiger partial charge in [-0.05, 0) is 42.3 Å². The van der Waals surface area contributed by atoms with Crippen molar-refractivity contribution in [1.29, 1.82) is 10.5 Å². The fraction of sp³-hybridized carbons (Fsp3) is 0.0625. The number of allylic oxidation sites excluding steroid dienone is 2. The lowest BCUT2D eigenvalue weighted by Crippen LogP contribution is -2.05. The molecule has 0 atom stereocenters. The first kappa shape index (κ1) is 25.5. The zero-order valence-electron chi connectivity index (χ0n) is 21.8. The van der Waals surface area contributed by atoms with Gasteiger partial charge in [0.05, 0.1) is 75.7 Å². The number of hydrogen-bond donors (Lipinski definition) is 0. The van der Waals surface area contributed by atoms with Crippen LogP contribution >= 0.6 is 0 Å². The third-order valence-corrected chi connectivity index (χ3v) is 7.40. The first-order valence-electron chi connectivity index (χ1n) is 12.6. The molecule has 0 saturated carbocycles. The lowest BCUT2D eigenvalue weighted by atomic mass is 10.0. The van der Waals surface area contributed by atoms with E-state index in [0.29, 0.717) is 50.2 Å². The zero-order valence-corrected chi connectivity index (χ0v) is 21.8. The van der Waals surface area contributed by atoms with Crippen molar-refractivity contribution in [2.24, 2.45) is 0 Å². The van der Waals surface area contributed by atoms with Crippen LogP contribution in [0.3, 0.4) is 0 Å². The Morgan fingerprint density at radius 3 is 1.53 bits per heavy atom. The smallest absolute Gasteiger partial charge is 0.245 e. The summed E-state index contributed by atoms with van der Waals surface area (Å²) in [6.45, 7) is 17.0. The van der Waals surface area contributed by atoms with Crippen LogP contribution in [0, 0.1) is 42.7 Å². The maximum Gasteiger partial charge on any atom is 0.416 e. The first-order valence-corrected chi connectivity index (χ1v) is 12.6. The van der Waals surface area contributed by atoms with Crippen molar-refractivity contribution in [3.63, 3.8) is 0 Å². The number of rotatable bonds is 0. The molecule has 0 spiro atoms. The van der Waals surface area contributed by atoms with Gasteiger partial charge in [-0.15, -0.1) is 0 Å². The minimum atomic E-state index is -4.63. The van der Waals surface area contributed by atoms with Crippen LogP contribution in [0.1, 0.15) is 33.6 Å². The zero-order chi connectivity index (χ0) is 30.2. The predicted molar refractivity (Wildman–Crippen MR) is 150 cm³/mol. The van der Waals surface area contributed by atoms with Crippen LogP contribution in [0.5, 0.6) is 0 Å². The van der Waals surface area contributed by atoms with Crippen LogP contribution in [0.4, 0.5) is 13.2 Å². The highest BCUT2D eigenvalue weighted by Crippen LogP contribution is 2.48. The van der Waals surface area contributed by atoms with E-state index in [9.17, 15) is 23.7 Å². The summed E-state index contributed by atoms with van der Waals surface area (Å²) in [4.78, 5) is 25.7. The van der Waals surface area contributed by atoms with Gasteiger partial charge >= 0.3 is 6.18 Å². The Balaban J connectivity index is 1.51. The summed E-state index contributed by atoms with van der Waals surface area (Å²) >= 11 is 0. The van der Waals surface area contributed by atoms with Crippen LogP contribution in [-0.4, -0.2) is 19.9 Å². The maximum atomic E-state index is 13.6. The van der Waals surface area contributed by atoms with Gasteiger partial charge in [-0.1, -0.05) is 29.8 Å². The standard InChI is InChI=1S/C32H11F3N8/c1-14-4-6-16-18(8-14)26(24(12-36)38-2)30-28(16)40-20-10-21-23(11-22(20)42-30)43-31-27(25(13-37)39-3)19-9-15(32(33,34)35)5-7-17(19)29(31)41-21/h4-11H,1H3/b26-24+,27-25-. The van der Waals surface area contributed by atoms with Gasteiger partial charge in [-0.25, -0.2) is 40.1 Å². The Kier molecular flexibility index (Phi) is 5.22. The van der Waals surface area contributed by atoms with Gasteiger partial charge in [0.15, 0.2) is 0 Å². The van der Waals surface area contributed by atoms with E-state index in [1.54, 1.807) is 18.2 Å². The topological polar surface area (TPSA) is 108 Å². The molecule has 3 aromatic carbocycles. The molecule has 11 heteroatoms. The van der Waals surface area contributed by atoms with E-state index in [4.69, 9.17) is 28.1 Å². The molecule has 0 unspecified atom stereocenters. The van der Waals surface area contributed by atoms with Crippen molar-refractivity contribution in [2.75, 3.05) is 0 Å². The summed E-state index contributed by atoms with van der Waals surface area (Å²) in [5.41, 5.74) is 4.43. The molecule has 2 aliphatic carbocycles. The summed E-state index contributed by atoms with van der Waals surface area (Å²) in [6.07, 6.45) is -4.63. The number of fused-ring (bicyclic) bond motifs is 8. The van der Waals surface area contributed by atoms with Crippen molar-refractivity contribution >= 4 is 33.2 Å². The van der Waals surface area contributed by atoms with E-state index in [1.807, 2.05) is 31.2 Å². The largest absolute Gasteiger partial charge is 0.416 e. The predicted octanol–water partition coefficient (Wildman–Crippen LogP) is 7.27. The molecule has 7 rings (SSSR count). The van der Waals surface area contributed by atoms with Crippen LogP contribution in [0.2, 0.25) is 0 Å². The van der Waals surface area contributed by atoms with Crippen molar-refractivity contribution in [3.8, 4) is 34.7 Å². The molecule has 2 aromatic heterocycles. The van der Waals surface area contributed by atoms with Crippen LogP contribution < -0.4 is 0 Å². The highest BCUT2D eigenvalue weighted by molar-refractivity contribution is 6.06. The van der Waals surface area contributed by atoms with Gasteiger partial charge < -0.3 is 0 Å². The van der Waals surface area contributed by atoms with Crippen molar-refractivity contribution in [1.82, 2.24) is 19.9 Å². The Morgan fingerprint density at radius 2 is 1.09 bits per heavy atom. The molecule has 0 radical (unpaired) electrons. The monoisotopic (exact) mass is 564 g/mol. The number of nitrogens with zero attached hydrogens (tertiary/aromatic N) is 8. The number of halogens is 3. The second-order valence-electron chi connectivity index (χ2n) is 9.87. The van der Waals surface area contributed by atoms with Gasteiger partial charge in [0, 0.05) is 22.3 Å². The Hall–Kier alpha value is -6.43. The molecular weight excluding hydrogens is 553 g/mol. The van der Waals surface area contributed by atoms with Crippen LogP contribution in [-0.2, 0) is 6.18 Å². The van der Waals surface area contributed by atoms with Crippen LogP contribution in [0.15, 0.2) is 59.9 Å². The summed E-state index contributed by atoms with van der Waals surface area (Å²) in [5, 5.41) is 19.4. The van der Waals surface area contributed by atoms with Crippen molar-refractivity contribution < 1.29 is 13.2 Å². The van der Waals surface area contributed by atoms with Gasteiger partial charge in [-0.2, -0.15) is 13.2 Å². The molecule has 200 valence electrons. The Labute approximate surface area is 241 Å².